The molecule has 0 aromatic heterocycles. The lowest BCUT2D eigenvalue weighted by molar-refractivity contribution is -0.147. The summed E-state index contributed by atoms with van der Waals surface area (Å²) in [6.45, 7) is 7.84. The lowest BCUT2D eigenvalue weighted by Gasteiger charge is -2.38. The zero-order valence-electron chi connectivity index (χ0n) is 12.5. The maximum atomic E-state index is 11.9. The molecule has 19 heavy (non-hydrogen) atoms. The van der Waals surface area contributed by atoms with Crippen LogP contribution in [0.1, 0.15) is 52.9 Å². The Hall–Kier alpha value is -0.610. The smallest absolute Gasteiger partial charge is 0.325 e. The molecule has 1 saturated heterocycles. The van der Waals surface area contributed by atoms with E-state index in [0.717, 1.165) is 25.8 Å². The molecule has 0 spiro atoms. The molecule has 0 amide bonds. The zero-order chi connectivity index (χ0) is 14.0. The van der Waals surface area contributed by atoms with Gasteiger partial charge in [-0.3, -0.25) is 9.69 Å². The number of carboxylic acid groups (broad SMARTS) is 1. The Morgan fingerprint density at radius 2 is 2.00 bits per heavy atom. The van der Waals surface area contributed by atoms with Gasteiger partial charge in [0.1, 0.15) is 5.54 Å². The van der Waals surface area contributed by atoms with Gasteiger partial charge in [-0.2, -0.15) is 0 Å². The number of carbonyl (C=O) groups is 1. The lowest BCUT2D eigenvalue weighted by atomic mass is 9.91. The molecule has 1 saturated carbocycles. The third-order valence-corrected chi connectivity index (χ3v) is 5.00. The maximum Gasteiger partial charge on any atom is 0.325 e. The van der Waals surface area contributed by atoms with Crippen molar-refractivity contribution < 1.29 is 9.90 Å². The lowest BCUT2D eigenvalue weighted by Crippen LogP contribution is -2.62. The summed E-state index contributed by atoms with van der Waals surface area (Å²) in [6, 6.07) is 1.08. The van der Waals surface area contributed by atoms with Gasteiger partial charge in [0.25, 0.3) is 0 Å². The van der Waals surface area contributed by atoms with Crippen LogP contribution in [0.3, 0.4) is 0 Å². The summed E-state index contributed by atoms with van der Waals surface area (Å²) in [5.41, 5.74) is -0.721. The molecular formula is C15H28N2O2. The van der Waals surface area contributed by atoms with Gasteiger partial charge in [0.15, 0.2) is 0 Å². The Morgan fingerprint density at radius 1 is 1.32 bits per heavy atom. The molecule has 2 aliphatic rings. The first-order valence-electron chi connectivity index (χ1n) is 7.79. The quantitative estimate of drug-likeness (QED) is 0.742. The summed E-state index contributed by atoms with van der Waals surface area (Å²) >= 11 is 0. The average molecular weight is 268 g/mol. The van der Waals surface area contributed by atoms with Crippen LogP contribution in [0.25, 0.3) is 0 Å². The highest BCUT2D eigenvalue weighted by Gasteiger charge is 2.53. The molecule has 1 heterocycles. The molecule has 2 rings (SSSR count). The molecule has 4 heteroatoms. The highest BCUT2D eigenvalue weighted by Crippen LogP contribution is 2.42. The average Bonchev–Trinajstić information content (AvgIpc) is 3.16. The Balaban J connectivity index is 2.17. The molecule has 1 aliphatic carbocycles. The van der Waals surface area contributed by atoms with Crippen LogP contribution in [0.5, 0.6) is 0 Å². The Kier molecular flexibility index (Phi) is 4.51. The van der Waals surface area contributed by atoms with Crippen LogP contribution in [0, 0.1) is 5.92 Å². The van der Waals surface area contributed by atoms with Crippen LogP contribution in [-0.2, 0) is 4.79 Å². The van der Waals surface area contributed by atoms with Gasteiger partial charge < -0.3 is 10.4 Å². The van der Waals surface area contributed by atoms with Crippen LogP contribution in [0.15, 0.2) is 0 Å². The molecule has 2 N–H and O–H groups in total. The number of nitrogens with one attached hydrogen (secondary N) is 1. The van der Waals surface area contributed by atoms with Crippen LogP contribution in [0.4, 0.5) is 0 Å². The van der Waals surface area contributed by atoms with Crippen molar-refractivity contribution in [1.29, 1.82) is 0 Å². The number of likely N-dealkylation sites (N-methyl/N-ethyl adjacent to an activating group) is 1. The summed E-state index contributed by atoms with van der Waals surface area (Å²) in [7, 11) is 0. The summed E-state index contributed by atoms with van der Waals surface area (Å²) in [4.78, 5) is 14.3. The predicted molar refractivity (Wildman–Crippen MR) is 76.2 cm³/mol. The van der Waals surface area contributed by atoms with Crippen LogP contribution in [0.2, 0.25) is 0 Å². The number of rotatable bonds is 7. The standard InChI is InChI=1S/C15H28N2O2/c1-4-13-9-6-11(3)17(13)10-15(14(18)19,16-5-2)12-7-8-12/h11-13,16H,4-10H2,1-3H3,(H,18,19). The molecule has 110 valence electrons. The van der Waals surface area contributed by atoms with E-state index in [1.165, 1.54) is 12.8 Å². The summed E-state index contributed by atoms with van der Waals surface area (Å²) in [5, 5.41) is 13.1. The molecule has 0 aromatic carbocycles. The third-order valence-electron chi connectivity index (χ3n) is 5.00. The monoisotopic (exact) mass is 268 g/mol. The van der Waals surface area contributed by atoms with Gasteiger partial charge >= 0.3 is 5.97 Å². The van der Waals surface area contributed by atoms with E-state index in [1.807, 2.05) is 6.92 Å². The first-order valence-corrected chi connectivity index (χ1v) is 7.79. The Labute approximate surface area is 116 Å². The highest BCUT2D eigenvalue weighted by molar-refractivity contribution is 5.80. The molecule has 2 fully saturated rings. The second-order valence-corrected chi connectivity index (χ2v) is 6.24. The summed E-state index contributed by atoms with van der Waals surface area (Å²) in [6.07, 6.45) is 5.64. The van der Waals surface area contributed by atoms with E-state index in [-0.39, 0.29) is 0 Å². The van der Waals surface area contributed by atoms with Crippen LogP contribution >= 0.6 is 0 Å². The van der Waals surface area contributed by atoms with Crippen molar-refractivity contribution >= 4 is 5.97 Å². The fourth-order valence-corrected chi connectivity index (χ4v) is 3.68. The summed E-state index contributed by atoms with van der Waals surface area (Å²) in [5.74, 6) is -0.346. The van der Waals surface area contributed by atoms with E-state index >= 15 is 0 Å². The van der Waals surface area contributed by atoms with Crippen molar-refractivity contribution in [3.8, 4) is 0 Å². The van der Waals surface area contributed by atoms with E-state index in [1.54, 1.807) is 0 Å². The number of hydrogen-bond acceptors (Lipinski definition) is 3. The topological polar surface area (TPSA) is 52.6 Å². The molecule has 3 atom stereocenters. The number of hydrogen-bond donors (Lipinski definition) is 2. The normalized spacial score (nSPS) is 31.3. The van der Waals surface area contributed by atoms with E-state index in [0.29, 0.717) is 24.5 Å². The van der Waals surface area contributed by atoms with E-state index in [4.69, 9.17) is 0 Å². The van der Waals surface area contributed by atoms with Gasteiger partial charge in [-0.1, -0.05) is 13.8 Å². The van der Waals surface area contributed by atoms with Gasteiger partial charge in [-0.25, -0.2) is 0 Å². The minimum Gasteiger partial charge on any atom is -0.480 e. The fraction of sp³-hybridized carbons (Fsp3) is 0.933. The third kappa shape index (κ3) is 2.79. The zero-order valence-corrected chi connectivity index (χ0v) is 12.5. The molecule has 0 bridgehead atoms. The van der Waals surface area contributed by atoms with Gasteiger partial charge in [-0.15, -0.1) is 0 Å². The molecule has 3 unspecified atom stereocenters. The van der Waals surface area contributed by atoms with Crippen molar-refractivity contribution in [3.05, 3.63) is 0 Å². The van der Waals surface area contributed by atoms with E-state index < -0.39 is 11.5 Å². The van der Waals surface area contributed by atoms with E-state index in [9.17, 15) is 9.90 Å². The molecule has 1 aliphatic heterocycles. The van der Waals surface area contributed by atoms with Crippen molar-refractivity contribution in [2.75, 3.05) is 13.1 Å². The first kappa shape index (κ1) is 14.8. The van der Waals surface area contributed by atoms with Crippen molar-refractivity contribution in [2.24, 2.45) is 5.92 Å². The number of nitrogens with zero attached hydrogens (tertiary/aromatic N) is 1. The van der Waals surface area contributed by atoms with Crippen molar-refractivity contribution in [2.45, 2.75) is 70.5 Å². The van der Waals surface area contributed by atoms with Gasteiger partial charge in [0.05, 0.1) is 0 Å². The molecular weight excluding hydrogens is 240 g/mol. The van der Waals surface area contributed by atoms with Gasteiger partial charge in [0.2, 0.25) is 0 Å². The molecule has 4 nitrogen and oxygen atoms in total. The van der Waals surface area contributed by atoms with Gasteiger partial charge in [0, 0.05) is 18.6 Å². The van der Waals surface area contributed by atoms with Gasteiger partial charge in [-0.05, 0) is 51.5 Å². The van der Waals surface area contributed by atoms with Crippen LogP contribution < -0.4 is 5.32 Å². The van der Waals surface area contributed by atoms with E-state index in [2.05, 4.69) is 24.1 Å². The number of carboxylic acids is 1. The minimum atomic E-state index is -0.721. The molecule has 0 aromatic rings. The molecule has 0 radical (unpaired) electrons. The SMILES string of the molecule is CCNC(CN1C(C)CCC1CC)(C(=O)O)C1CC1. The second-order valence-electron chi connectivity index (χ2n) is 6.24. The maximum absolute atomic E-state index is 11.9. The summed E-state index contributed by atoms with van der Waals surface area (Å²) < 4.78 is 0. The van der Waals surface area contributed by atoms with Crippen molar-refractivity contribution in [3.63, 3.8) is 0 Å². The fourth-order valence-electron chi connectivity index (χ4n) is 3.68. The largest absolute Gasteiger partial charge is 0.480 e. The van der Waals surface area contributed by atoms with Crippen LogP contribution in [-0.4, -0.2) is 46.7 Å². The number of aliphatic carboxylic acids is 1. The number of likely N-dealkylation sites (tertiary alicyclic amines) is 1. The minimum absolute atomic E-state index is 0.315. The first-order chi connectivity index (χ1) is 9.05. The second kappa shape index (κ2) is 5.80. The predicted octanol–water partition coefficient (Wildman–Crippen LogP) is 2.09. The Bertz CT molecular complexity index is 330. The highest BCUT2D eigenvalue weighted by atomic mass is 16.4. The van der Waals surface area contributed by atoms with Crippen molar-refractivity contribution in [1.82, 2.24) is 10.2 Å². The Morgan fingerprint density at radius 3 is 2.47 bits per heavy atom.